The third-order valence-corrected chi connectivity index (χ3v) is 3.90. The average Bonchev–Trinajstić information content (AvgIpc) is 2.27. The number of nitrogens with one attached hydrogen (secondary N) is 1. The van der Waals surface area contributed by atoms with Crippen molar-refractivity contribution >= 4 is 22.6 Å². The van der Waals surface area contributed by atoms with Crippen molar-refractivity contribution in [3.8, 4) is 5.75 Å². The Morgan fingerprint density at radius 1 is 1.41 bits per heavy atom. The predicted molar refractivity (Wildman–Crippen MR) is 77.7 cm³/mol. The van der Waals surface area contributed by atoms with Crippen molar-refractivity contribution in [3.05, 3.63) is 29.8 Å². The maximum absolute atomic E-state index is 5.94. The lowest BCUT2D eigenvalue weighted by molar-refractivity contribution is 0.0957. The SMILES string of the molecule is CC(C)c1cccc(OC2CC(NSS)C2)c1. The standard InChI is InChI=1S/C13H19NOS2/c1-9(2)10-4-3-5-12(6-10)15-13-7-11(8-13)14-17-16/h3-6,9,11,13-14,16H,7-8H2,1-2H3. The summed E-state index contributed by atoms with van der Waals surface area (Å²) in [6, 6.07) is 8.97. The third kappa shape index (κ3) is 3.57. The van der Waals surface area contributed by atoms with Crippen molar-refractivity contribution in [1.29, 1.82) is 0 Å². The molecule has 2 rings (SSSR count). The first-order chi connectivity index (χ1) is 8.19. The molecule has 0 bridgehead atoms. The molecular weight excluding hydrogens is 250 g/mol. The van der Waals surface area contributed by atoms with Crippen molar-refractivity contribution in [2.45, 2.75) is 44.8 Å². The van der Waals surface area contributed by atoms with Crippen LogP contribution >= 0.6 is 22.6 Å². The zero-order valence-corrected chi connectivity index (χ0v) is 11.9. The molecule has 0 spiro atoms. The van der Waals surface area contributed by atoms with Gasteiger partial charge in [0.15, 0.2) is 0 Å². The van der Waals surface area contributed by atoms with Crippen molar-refractivity contribution < 1.29 is 4.74 Å². The van der Waals surface area contributed by atoms with E-state index in [-0.39, 0.29) is 0 Å². The Kier molecular flexibility index (Phi) is 4.65. The van der Waals surface area contributed by atoms with Gasteiger partial charge in [-0.1, -0.05) is 37.6 Å². The van der Waals surface area contributed by atoms with Crippen LogP contribution in [0.2, 0.25) is 0 Å². The number of hydrogen-bond donors (Lipinski definition) is 2. The van der Waals surface area contributed by atoms with E-state index >= 15 is 0 Å². The van der Waals surface area contributed by atoms with E-state index in [9.17, 15) is 0 Å². The number of benzene rings is 1. The van der Waals surface area contributed by atoms with Gasteiger partial charge in [0.05, 0.1) is 0 Å². The van der Waals surface area contributed by atoms with Crippen molar-refractivity contribution in [2.75, 3.05) is 0 Å². The first kappa shape index (κ1) is 13.1. The van der Waals surface area contributed by atoms with Crippen molar-refractivity contribution in [3.63, 3.8) is 0 Å². The van der Waals surface area contributed by atoms with E-state index in [0.29, 0.717) is 18.1 Å². The normalized spacial score (nSPS) is 23.5. The van der Waals surface area contributed by atoms with Gasteiger partial charge in [-0.25, -0.2) is 0 Å². The van der Waals surface area contributed by atoms with Crippen LogP contribution in [-0.4, -0.2) is 12.1 Å². The van der Waals surface area contributed by atoms with Gasteiger partial charge in [0.25, 0.3) is 0 Å². The molecule has 0 heterocycles. The lowest BCUT2D eigenvalue weighted by Gasteiger charge is -2.35. The van der Waals surface area contributed by atoms with Crippen LogP contribution in [-0.2, 0) is 0 Å². The predicted octanol–water partition coefficient (Wildman–Crippen LogP) is 3.80. The number of rotatable bonds is 5. The Balaban J connectivity index is 1.86. The summed E-state index contributed by atoms with van der Waals surface area (Å²) in [6.07, 6.45) is 2.49. The van der Waals surface area contributed by atoms with E-state index in [1.54, 1.807) is 0 Å². The van der Waals surface area contributed by atoms with Crippen LogP contribution in [0.4, 0.5) is 0 Å². The molecular formula is C13H19NOS2. The summed E-state index contributed by atoms with van der Waals surface area (Å²) in [5.74, 6) is 1.55. The number of ether oxygens (including phenoxy) is 1. The summed E-state index contributed by atoms with van der Waals surface area (Å²) >= 11 is 4.08. The first-order valence-corrected chi connectivity index (χ1v) is 7.88. The van der Waals surface area contributed by atoms with Crippen LogP contribution in [0.3, 0.4) is 0 Å². The third-order valence-electron chi connectivity index (χ3n) is 3.14. The van der Waals surface area contributed by atoms with Gasteiger partial charge in [0, 0.05) is 18.9 Å². The lowest BCUT2D eigenvalue weighted by Crippen LogP contribution is -2.44. The zero-order chi connectivity index (χ0) is 12.3. The topological polar surface area (TPSA) is 21.3 Å². The molecule has 0 unspecified atom stereocenters. The van der Waals surface area contributed by atoms with E-state index in [4.69, 9.17) is 4.74 Å². The molecule has 0 aliphatic heterocycles. The number of hydrogen-bond acceptors (Lipinski definition) is 4. The summed E-state index contributed by atoms with van der Waals surface area (Å²) in [5, 5.41) is 0. The smallest absolute Gasteiger partial charge is 0.120 e. The Hall–Kier alpha value is -0.320. The Labute approximate surface area is 112 Å². The van der Waals surface area contributed by atoms with Crippen LogP contribution in [0.25, 0.3) is 0 Å². The second kappa shape index (κ2) is 6.03. The summed E-state index contributed by atoms with van der Waals surface area (Å²) in [5.41, 5.74) is 1.34. The minimum Gasteiger partial charge on any atom is -0.490 e. The maximum atomic E-state index is 5.94. The van der Waals surface area contributed by atoms with Crippen LogP contribution in [0.1, 0.15) is 38.2 Å². The quantitative estimate of drug-likeness (QED) is 0.482. The molecule has 1 aliphatic rings. The molecule has 17 heavy (non-hydrogen) atoms. The highest BCUT2D eigenvalue weighted by atomic mass is 33.1. The number of thiol groups is 1. The van der Waals surface area contributed by atoms with E-state index in [0.717, 1.165) is 18.6 Å². The fourth-order valence-electron chi connectivity index (χ4n) is 1.97. The molecule has 4 heteroatoms. The van der Waals surface area contributed by atoms with E-state index < -0.39 is 0 Å². The summed E-state index contributed by atoms with van der Waals surface area (Å²) in [4.78, 5) is 0. The Bertz CT molecular complexity index is 364. The molecule has 0 aromatic heterocycles. The van der Waals surface area contributed by atoms with E-state index in [1.165, 1.54) is 16.5 Å². The summed E-state index contributed by atoms with van der Waals surface area (Å²) in [6.45, 7) is 4.40. The fraction of sp³-hybridized carbons (Fsp3) is 0.538. The van der Waals surface area contributed by atoms with Gasteiger partial charge >= 0.3 is 0 Å². The van der Waals surface area contributed by atoms with Crippen molar-refractivity contribution in [2.24, 2.45) is 0 Å². The second-order valence-electron chi connectivity index (χ2n) is 4.84. The van der Waals surface area contributed by atoms with Gasteiger partial charge in [-0.15, -0.1) is 0 Å². The van der Waals surface area contributed by atoms with Crippen LogP contribution in [0, 0.1) is 0 Å². The molecule has 0 radical (unpaired) electrons. The molecule has 1 N–H and O–H groups in total. The molecule has 2 nitrogen and oxygen atoms in total. The Morgan fingerprint density at radius 3 is 2.82 bits per heavy atom. The van der Waals surface area contributed by atoms with Gasteiger partial charge in [0.2, 0.25) is 0 Å². The van der Waals surface area contributed by atoms with Gasteiger partial charge in [-0.05, 0) is 34.6 Å². The molecule has 0 saturated heterocycles. The monoisotopic (exact) mass is 269 g/mol. The zero-order valence-electron chi connectivity index (χ0n) is 10.2. The highest BCUT2D eigenvalue weighted by Gasteiger charge is 2.30. The molecule has 1 aliphatic carbocycles. The van der Waals surface area contributed by atoms with Gasteiger partial charge in [0.1, 0.15) is 11.9 Å². The van der Waals surface area contributed by atoms with Crippen LogP contribution in [0.5, 0.6) is 5.75 Å². The molecule has 0 amide bonds. The maximum Gasteiger partial charge on any atom is 0.120 e. The molecule has 1 aromatic rings. The first-order valence-electron chi connectivity index (χ1n) is 6.01. The highest BCUT2D eigenvalue weighted by molar-refractivity contribution is 8.67. The minimum atomic E-state index is 0.357. The van der Waals surface area contributed by atoms with Crippen molar-refractivity contribution in [1.82, 2.24) is 4.72 Å². The Morgan fingerprint density at radius 2 is 2.18 bits per heavy atom. The molecule has 1 fully saturated rings. The average molecular weight is 269 g/mol. The summed E-state index contributed by atoms with van der Waals surface area (Å²) in [7, 11) is 1.39. The largest absolute Gasteiger partial charge is 0.490 e. The summed E-state index contributed by atoms with van der Waals surface area (Å²) < 4.78 is 9.17. The minimum absolute atomic E-state index is 0.357. The molecule has 1 aromatic carbocycles. The van der Waals surface area contributed by atoms with Crippen LogP contribution in [0.15, 0.2) is 24.3 Å². The molecule has 0 atom stereocenters. The van der Waals surface area contributed by atoms with Crippen LogP contribution < -0.4 is 9.46 Å². The fourth-order valence-corrected chi connectivity index (χ4v) is 2.76. The van der Waals surface area contributed by atoms with Gasteiger partial charge in [-0.2, -0.15) is 0 Å². The lowest BCUT2D eigenvalue weighted by atomic mass is 9.90. The molecule has 1 saturated carbocycles. The van der Waals surface area contributed by atoms with Gasteiger partial charge in [-0.3, -0.25) is 4.72 Å². The van der Waals surface area contributed by atoms with Gasteiger partial charge < -0.3 is 4.74 Å². The molecule has 94 valence electrons. The van der Waals surface area contributed by atoms with E-state index in [1.807, 2.05) is 6.07 Å². The second-order valence-corrected chi connectivity index (χ2v) is 5.81. The van der Waals surface area contributed by atoms with E-state index in [2.05, 4.69) is 48.4 Å². The highest BCUT2D eigenvalue weighted by Crippen LogP contribution is 2.29.